The lowest BCUT2D eigenvalue weighted by Gasteiger charge is -2.38. The molecule has 1 aromatic rings. The molecule has 2 heterocycles. The number of benzene rings is 1. The van der Waals surface area contributed by atoms with Crippen LogP contribution in [0.4, 0.5) is 0 Å². The smallest absolute Gasteiger partial charge is 0.265 e. The number of nitrogens with one attached hydrogen (secondary N) is 4. The molecular weight excluding hydrogens is 410 g/mol. The fourth-order valence-corrected chi connectivity index (χ4v) is 4.72. The van der Waals surface area contributed by atoms with Crippen LogP contribution in [-0.4, -0.2) is 52.6 Å². The largest absolute Gasteiger partial charge is 0.394 e. The maximum Gasteiger partial charge on any atom is 0.265 e. The van der Waals surface area contributed by atoms with E-state index in [0.29, 0.717) is 18.5 Å². The van der Waals surface area contributed by atoms with E-state index in [2.05, 4.69) is 21.4 Å². The molecule has 3 fully saturated rings. The number of fused-ring (bicyclic) bond motifs is 1. The first-order valence-corrected chi connectivity index (χ1v) is 11.5. The lowest BCUT2D eigenvalue weighted by Crippen LogP contribution is -2.57. The molecule has 2 aliphatic carbocycles. The van der Waals surface area contributed by atoms with Gasteiger partial charge in [0.2, 0.25) is 0 Å². The molecule has 9 nitrogen and oxygen atoms in total. The summed E-state index contributed by atoms with van der Waals surface area (Å²) in [5, 5.41) is 20.9. The van der Waals surface area contributed by atoms with Gasteiger partial charge in [0.15, 0.2) is 6.29 Å². The summed E-state index contributed by atoms with van der Waals surface area (Å²) in [6.07, 6.45) is 6.74. The van der Waals surface area contributed by atoms with Gasteiger partial charge in [-0.15, -0.1) is 0 Å². The predicted octanol–water partition coefficient (Wildman–Crippen LogP) is 0.753. The third kappa shape index (κ3) is 4.13. The summed E-state index contributed by atoms with van der Waals surface area (Å²) < 4.78 is 6.25. The summed E-state index contributed by atoms with van der Waals surface area (Å²) in [6.45, 7) is 0.0993. The Balaban J connectivity index is 1.24. The van der Waals surface area contributed by atoms with Crippen molar-refractivity contribution in [1.29, 1.82) is 0 Å². The van der Waals surface area contributed by atoms with Crippen LogP contribution < -0.4 is 21.4 Å². The Morgan fingerprint density at radius 2 is 1.91 bits per heavy atom. The van der Waals surface area contributed by atoms with Crippen LogP contribution in [0.15, 0.2) is 42.1 Å². The van der Waals surface area contributed by atoms with Crippen LogP contribution in [0.25, 0.3) is 0 Å². The van der Waals surface area contributed by atoms with E-state index in [4.69, 9.17) is 4.74 Å². The number of hydrogen-bond acceptors (Lipinski definition) is 7. The van der Waals surface area contributed by atoms with Crippen LogP contribution in [0.1, 0.15) is 56.7 Å². The molecule has 172 valence electrons. The van der Waals surface area contributed by atoms with E-state index in [1.54, 1.807) is 0 Å². The molecule has 2 saturated carbocycles. The molecule has 0 bridgehead atoms. The van der Waals surface area contributed by atoms with Crippen LogP contribution in [0.5, 0.6) is 0 Å². The number of carbonyl (C=O) groups is 2. The zero-order valence-electron chi connectivity index (χ0n) is 18.1. The molecule has 0 radical (unpaired) electrons. The molecule has 4 aliphatic rings. The summed E-state index contributed by atoms with van der Waals surface area (Å²) >= 11 is 0. The molecule has 2 aliphatic heterocycles. The van der Waals surface area contributed by atoms with Gasteiger partial charge in [-0.25, -0.2) is 10.4 Å². The molecule has 1 unspecified atom stereocenters. The van der Waals surface area contributed by atoms with E-state index in [-0.39, 0.29) is 31.2 Å². The Hall–Kier alpha value is -2.46. The fourth-order valence-electron chi connectivity index (χ4n) is 4.72. The maximum atomic E-state index is 13.2. The van der Waals surface area contributed by atoms with Crippen molar-refractivity contribution >= 4 is 11.8 Å². The maximum absolute atomic E-state index is 13.2. The zero-order chi connectivity index (χ0) is 22.2. The van der Waals surface area contributed by atoms with E-state index < -0.39 is 17.4 Å². The highest BCUT2D eigenvalue weighted by atomic mass is 16.5. The van der Waals surface area contributed by atoms with Gasteiger partial charge in [0.25, 0.3) is 11.8 Å². The first-order chi connectivity index (χ1) is 15.5. The Morgan fingerprint density at radius 3 is 2.59 bits per heavy atom. The fraction of sp³-hybridized carbons (Fsp3) is 0.565. The summed E-state index contributed by atoms with van der Waals surface area (Å²) in [5.74, 6) is -0.310. The highest BCUT2D eigenvalue weighted by molar-refractivity contribution is 5.89. The SMILES string of the molecule is O=C1C=C(COC2(C(=O)NC3(CO)CC3)CCCCC2)NC2N[C@@H](c3ccccc3)NN12. The van der Waals surface area contributed by atoms with E-state index in [9.17, 15) is 14.7 Å². The first kappa shape index (κ1) is 21.4. The number of hydrazine groups is 1. The number of rotatable bonds is 7. The van der Waals surface area contributed by atoms with Crippen LogP contribution in [0, 0.1) is 0 Å². The topological polar surface area (TPSA) is 115 Å². The molecule has 1 aromatic carbocycles. The van der Waals surface area contributed by atoms with Gasteiger partial charge in [-0.2, -0.15) is 0 Å². The Morgan fingerprint density at radius 1 is 1.16 bits per heavy atom. The monoisotopic (exact) mass is 441 g/mol. The summed E-state index contributed by atoms with van der Waals surface area (Å²) in [7, 11) is 0. The molecule has 9 heteroatoms. The van der Waals surface area contributed by atoms with E-state index in [1.165, 1.54) is 11.1 Å². The summed E-state index contributed by atoms with van der Waals surface area (Å²) in [4.78, 5) is 25.9. The number of aliphatic hydroxyl groups is 1. The van der Waals surface area contributed by atoms with E-state index in [1.807, 2.05) is 30.3 Å². The highest BCUT2D eigenvalue weighted by Crippen LogP contribution is 2.38. The van der Waals surface area contributed by atoms with Gasteiger partial charge in [0, 0.05) is 11.8 Å². The normalized spacial score (nSPS) is 27.8. The van der Waals surface area contributed by atoms with Gasteiger partial charge in [-0.1, -0.05) is 49.6 Å². The average molecular weight is 442 g/mol. The average Bonchev–Trinajstić information content (AvgIpc) is 3.46. The number of aliphatic hydroxyl groups excluding tert-OH is 1. The van der Waals surface area contributed by atoms with Crippen LogP contribution >= 0.6 is 0 Å². The second-order valence-corrected chi connectivity index (χ2v) is 9.30. The van der Waals surface area contributed by atoms with Crippen molar-refractivity contribution in [3.8, 4) is 0 Å². The molecule has 0 spiro atoms. The van der Waals surface area contributed by atoms with Crippen molar-refractivity contribution in [2.24, 2.45) is 0 Å². The lowest BCUT2D eigenvalue weighted by atomic mass is 9.83. The molecule has 32 heavy (non-hydrogen) atoms. The van der Waals surface area contributed by atoms with E-state index >= 15 is 0 Å². The third-order valence-electron chi connectivity index (χ3n) is 6.95. The Labute approximate surface area is 187 Å². The van der Waals surface area contributed by atoms with Gasteiger partial charge in [-0.05, 0) is 31.2 Å². The minimum Gasteiger partial charge on any atom is -0.394 e. The third-order valence-corrected chi connectivity index (χ3v) is 6.95. The molecule has 0 aromatic heterocycles. The number of nitrogens with zero attached hydrogens (tertiary/aromatic N) is 1. The van der Waals surface area contributed by atoms with Gasteiger partial charge < -0.3 is 20.5 Å². The van der Waals surface area contributed by atoms with Crippen molar-refractivity contribution in [2.45, 2.75) is 68.5 Å². The zero-order valence-corrected chi connectivity index (χ0v) is 18.1. The van der Waals surface area contributed by atoms with E-state index in [0.717, 1.165) is 37.7 Å². The molecule has 2 amide bonds. The summed E-state index contributed by atoms with van der Waals surface area (Å²) in [5.41, 5.74) is 3.46. The molecular formula is C23H31N5O4. The predicted molar refractivity (Wildman–Crippen MR) is 116 cm³/mol. The minimum atomic E-state index is -0.917. The second kappa shape index (κ2) is 8.47. The van der Waals surface area contributed by atoms with Gasteiger partial charge in [0.1, 0.15) is 11.8 Å². The quantitative estimate of drug-likeness (QED) is 0.424. The lowest BCUT2D eigenvalue weighted by molar-refractivity contribution is -0.152. The van der Waals surface area contributed by atoms with Crippen molar-refractivity contribution in [3.05, 3.63) is 47.7 Å². The Kier molecular flexibility index (Phi) is 5.66. The van der Waals surface area contributed by atoms with Crippen molar-refractivity contribution in [1.82, 2.24) is 26.4 Å². The number of carbonyl (C=O) groups excluding carboxylic acids is 2. The van der Waals surface area contributed by atoms with Crippen molar-refractivity contribution < 1.29 is 19.4 Å². The minimum absolute atomic E-state index is 0.0468. The molecule has 5 rings (SSSR count). The van der Waals surface area contributed by atoms with Crippen LogP contribution in [0.2, 0.25) is 0 Å². The van der Waals surface area contributed by atoms with Crippen LogP contribution in [-0.2, 0) is 14.3 Å². The van der Waals surface area contributed by atoms with Gasteiger partial charge >= 0.3 is 0 Å². The highest BCUT2D eigenvalue weighted by Gasteiger charge is 2.49. The number of amides is 2. The number of ether oxygens (including phenoxy) is 1. The second-order valence-electron chi connectivity index (χ2n) is 9.30. The Bertz CT molecular complexity index is 895. The molecule has 5 N–H and O–H groups in total. The first-order valence-electron chi connectivity index (χ1n) is 11.5. The number of hydrogen-bond donors (Lipinski definition) is 5. The summed E-state index contributed by atoms with van der Waals surface area (Å²) in [6, 6.07) is 9.86. The van der Waals surface area contributed by atoms with Gasteiger partial charge in [-0.3, -0.25) is 14.9 Å². The standard InChI is InChI=1S/C23H31N5O4/c29-15-22(11-12-22)26-20(31)23(9-5-2-6-10-23)32-14-17-13-18(30)28-21(24-17)25-19(27-28)16-7-3-1-4-8-16/h1,3-4,7-8,13,19,21,24-25,27,29H,2,5-6,9-12,14-15H2,(H,26,31)/t19-,21?/m1/s1. The van der Waals surface area contributed by atoms with Crippen molar-refractivity contribution in [2.75, 3.05) is 13.2 Å². The van der Waals surface area contributed by atoms with Gasteiger partial charge in [0.05, 0.1) is 18.8 Å². The molecule has 1 saturated heterocycles. The van der Waals surface area contributed by atoms with Crippen LogP contribution in [0.3, 0.4) is 0 Å². The molecule has 2 atom stereocenters. The van der Waals surface area contributed by atoms with Crippen molar-refractivity contribution in [3.63, 3.8) is 0 Å².